The van der Waals surface area contributed by atoms with Crippen molar-refractivity contribution < 1.29 is 27.5 Å². The molecule has 1 heterocycles. The first-order chi connectivity index (χ1) is 16.8. The topological polar surface area (TPSA) is 105 Å². The highest BCUT2D eigenvalue weighted by Gasteiger charge is 2.31. The van der Waals surface area contributed by atoms with Crippen LogP contribution in [0.4, 0.5) is 0 Å². The number of carbonyl (C=O) groups is 2. The number of rotatable bonds is 6. The summed E-state index contributed by atoms with van der Waals surface area (Å²) in [5, 5.41) is 4.51. The summed E-state index contributed by atoms with van der Waals surface area (Å²) >= 11 is 0. The molecular weight excluding hydrogens is 468 g/mol. The Morgan fingerprint density at radius 1 is 0.771 bits per heavy atom. The van der Waals surface area contributed by atoms with E-state index in [0.717, 1.165) is 5.56 Å². The summed E-state index contributed by atoms with van der Waals surface area (Å²) in [5.41, 5.74) is 1.87. The molecule has 4 rings (SSSR count). The first kappa shape index (κ1) is 23.9. The monoisotopic (exact) mass is 490 g/mol. The zero-order chi connectivity index (χ0) is 25.2. The van der Waals surface area contributed by atoms with Gasteiger partial charge in [-0.1, -0.05) is 48.0 Å². The van der Waals surface area contributed by atoms with Crippen LogP contribution in [0.2, 0.25) is 0 Å². The van der Waals surface area contributed by atoms with Gasteiger partial charge < -0.3 is 9.47 Å². The normalized spacial score (nSPS) is 11.2. The van der Waals surface area contributed by atoms with E-state index < -0.39 is 21.8 Å². The van der Waals surface area contributed by atoms with Crippen molar-refractivity contribution in [2.24, 2.45) is 0 Å². The van der Waals surface area contributed by atoms with Crippen molar-refractivity contribution in [2.45, 2.75) is 16.7 Å². The van der Waals surface area contributed by atoms with E-state index in [1.165, 1.54) is 43.2 Å². The highest BCUT2D eigenvalue weighted by atomic mass is 32.2. The van der Waals surface area contributed by atoms with E-state index in [1.54, 1.807) is 54.6 Å². The van der Waals surface area contributed by atoms with Crippen molar-refractivity contribution in [1.82, 2.24) is 9.78 Å². The number of para-hydroxylation sites is 1. The molecule has 8 nitrogen and oxygen atoms in total. The number of nitrogens with zero attached hydrogens (tertiary/aromatic N) is 2. The molecule has 9 heteroatoms. The molecular formula is C26H22N2O6S. The smallest absolute Gasteiger partial charge is 0.357 e. The van der Waals surface area contributed by atoms with Crippen LogP contribution >= 0.6 is 0 Å². The fourth-order valence-electron chi connectivity index (χ4n) is 3.60. The van der Waals surface area contributed by atoms with Crippen molar-refractivity contribution in [2.75, 3.05) is 14.2 Å². The van der Waals surface area contributed by atoms with E-state index in [1.807, 2.05) is 6.92 Å². The third-order valence-electron chi connectivity index (χ3n) is 5.42. The van der Waals surface area contributed by atoms with Gasteiger partial charge in [-0.25, -0.2) is 22.7 Å². The second-order valence-corrected chi connectivity index (χ2v) is 9.59. The maximum atomic E-state index is 13.0. The predicted molar refractivity (Wildman–Crippen MR) is 128 cm³/mol. The van der Waals surface area contributed by atoms with Crippen LogP contribution in [0.1, 0.15) is 26.4 Å². The Morgan fingerprint density at radius 3 is 1.86 bits per heavy atom. The quantitative estimate of drug-likeness (QED) is 0.372. The zero-order valence-corrected chi connectivity index (χ0v) is 20.1. The van der Waals surface area contributed by atoms with E-state index >= 15 is 0 Å². The molecule has 0 bridgehead atoms. The van der Waals surface area contributed by atoms with Gasteiger partial charge >= 0.3 is 11.9 Å². The molecule has 3 aromatic carbocycles. The molecule has 4 aromatic rings. The van der Waals surface area contributed by atoms with Gasteiger partial charge in [0, 0.05) is 5.56 Å². The first-order valence-electron chi connectivity index (χ1n) is 10.5. The molecule has 0 aliphatic carbocycles. The molecule has 0 radical (unpaired) electrons. The van der Waals surface area contributed by atoms with Crippen molar-refractivity contribution >= 4 is 21.8 Å². The molecule has 0 atom stereocenters. The lowest BCUT2D eigenvalue weighted by molar-refractivity contribution is 0.0549. The average molecular weight is 491 g/mol. The van der Waals surface area contributed by atoms with Crippen molar-refractivity contribution in [1.29, 1.82) is 0 Å². The molecule has 35 heavy (non-hydrogen) atoms. The molecule has 0 aliphatic heterocycles. The molecule has 0 aliphatic rings. The van der Waals surface area contributed by atoms with E-state index in [2.05, 4.69) is 5.10 Å². The number of sulfone groups is 1. The van der Waals surface area contributed by atoms with Crippen LogP contribution in [0.3, 0.4) is 0 Å². The summed E-state index contributed by atoms with van der Waals surface area (Å²) in [7, 11) is -1.34. The molecule has 0 amide bonds. The molecule has 0 unspecified atom stereocenters. The van der Waals surface area contributed by atoms with Crippen LogP contribution < -0.4 is 0 Å². The Hall–Kier alpha value is -4.24. The van der Waals surface area contributed by atoms with Crippen LogP contribution in [-0.4, -0.2) is 44.4 Å². The molecule has 0 spiro atoms. The van der Waals surface area contributed by atoms with Gasteiger partial charge in [0.1, 0.15) is 11.3 Å². The van der Waals surface area contributed by atoms with Crippen LogP contribution in [0.5, 0.6) is 0 Å². The lowest BCUT2D eigenvalue weighted by Gasteiger charge is -2.07. The van der Waals surface area contributed by atoms with Gasteiger partial charge in [-0.15, -0.1) is 0 Å². The summed E-state index contributed by atoms with van der Waals surface area (Å²) < 4.78 is 37.2. The Labute approximate surface area is 202 Å². The van der Waals surface area contributed by atoms with Gasteiger partial charge in [0.2, 0.25) is 9.84 Å². The number of hydrogen-bond donors (Lipinski definition) is 0. The number of carbonyl (C=O) groups excluding carboxylic acids is 2. The maximum Gasteiger partial charge on any atom is 0.357 e. The predicted octanol–water partition coefficient (Wildman–Crippen LogP) is 4.25. The van der Waals surface area contributed by atoms with Crippen molar-refractivity contribution in [3.63, 3.8) is 0 Å². The summed E-state index contributed by atoms with van der Waals surface area (Å²) in [4.78, 5) is 25.7. The highest BCUT2D eigenvalue weighted by Crippen LogP contribution is 2.31. The number of aryl methyl sites for hydroxylation is 1. The number of methoxy groups -OCH3 is 2. The Kier molecular flexibility index (Phi) is 6.52. The van der Waals surface area contributed by atoms with Gasteiger partial charge in [0.25, 0.3) is 0 Å². The zero-order valence-electron chi connectivity index (χ0n) is 19.3. The highest BCUT2D eigenvalue weighted by molar-refractivity contribution is 7.91. The average Bonchev–Trinajstić information content (AvgIpc) is 3.29. The van der Waals surface area contributed by atoms with Crippen LogP contribution in [-0.2, 0) is 19.3 Å². The van der Waals surface area contributed by atoms with E-state index in [0.29, 0.717) is 11.3 Å². The maximum absolute atomic E-state index is 13.0. The minimum atomic E-state index is -3.74. The van der Waals surface area contributed by atoms with Gasteiger partial charge in [-0.2, -0.15) is 5.10 Å². The number of ether oxygens (including phenoxy) is 2. The molecule has 178 valence electrons. The lowest BCUT2D eigenvalue weighted by atomic mass is 10.1. The fraction of sp³-hybridized carbons (Fsp3) is 0.115. The molecule has 0 saturated carbocycles. The summed E-state index contributed by atoms with van der Waals surface area (Å²) in [6.07, 6.45) is 0. The summed E-state index contributed by atoms with van der Waals surface area (Å²) in [6, 6.07) is 21.3. The Balaban J connectivity index is 1.87. The van der Waals surface area contributed by atoms with E-state index in [-0.39, 0.29) is 26.7 Å². The number of benzene rings is 3. The van der Waals surface area contributed by atoms with Crippen LogP contribution in [0.15, 0.2) is 88.7 Å². The second-order valence-electron chi connectivity index (χ2n) is 7.64. The number of esters is 2. The van der Waals surface area contributed by atoms with Crippen LogP contribution in [0, 0.1) is 6.92 Å². The summed E-state index contributed by atoms with van der Waals surface area (Å²) in [6.45, 7) is 1.88. The molecule has 0 fully saturated rings. The third kappa shape index (κ3) is 4.45. The van der Waals surface area contributed by atoms with Crippen molar-refractivity contribution in [3.8, 4) is 16.9 Å². The number of aromatic nitrogens is 2. The molecule has 1 aromatic heterocycles. The van der Waals surface area contributed by atoms with Gasteiger partial charge in [0.05, 0.1) is 29.7 Å². The minimum Gasteiger partial charge on any atom is -0.465 e. The van der Waals surface area contributed by atoms with Crippen LogP contribution in [0.25, 0.3) is 16.9 Å². The molecule has 0 saturated heterocycles. The van der Waals surface area contributed by atoms with Gasteiger partial charge in [-0.05, 0) is 43.3 Å². The SMILES string of the molecule is COC(=O)c1c(-c2ccc(S(=O)(=O)c3ccc(C)cc3)cc2)nn(-c2ccccc2)c1C(=O)OC. The second kappa shape index (κ2) is 9.55. The first-order valence-corrected chi connectivity index (χ1v) is 12.0. The minimum absolute atomic E-state index is 0.0837. The van der Waals surface area contributed by atoms with Gasteiger partial charge in [0.15, 0.2) is 5.69 Å². The molecule has 0 N–H and O–H groups in total. The van der Waals surface area contributed by atoms with Crippen molar-refractivity contribution in [3.05, 3.63) is 95.7 Å². The van der Waals surface area contributed by atoms with E-state index in [4.69, 9.17) is 9.47 Å². The largest absolute Gasteiger partial charge is 0.465 e. The lowest BCUT2D eigenvalue weighted by Crippen LogP contribution is -2.15. The standard InChI is InChI=1S/C26H22N2O6S/c1-17-9-13-20(14-10-17)35(31,32)21-15-11-18(12-16-21)23-22(25(29)33-2)24(26(30)34-3)28(27-23)19-7-5-4-6-8-19/h4-16H,1-3H3. The third-order valence-corrected chi connectivity index (χ3v) is 7.21. The number of hydrogen-bond acceptors (Lipinski definition) is 7. The van der Waals surface area contributed by atoms with E-state index in [9.17, 15) is 18.0 Å². The Morgan fingerprint density at radius 2 is 1.31 bits per heavy atom. The van der Waals surface area contributed by atoms with Gasteiger partial charge in [-0.3, -0.25) is 0 Å². The Bertz CT molecular complexity index is 1490. The summed E-state index contributed by atoms with van der Waals surface area (Å²) in [5.74, 6) is -1.55. The fourth-order valence-corrected chi connectivity index (χ4v) is 4.86.